The van der Waals surface area contributed by atoms with Crippen LogP contribution in [0.2, 0.25) is 20.1 Å². The van der Waals surface area contributed by atoms with Crippen molar-refractivity contribution in [3.05, 3.63) is 31.2 Å². The first-order valence-corrected chi connectivity index (χ1v) is 5.29. The van der Waals surface area contributed by atoms with Crippen LogP contribution in [-0.2, 0) is 13.1 Å². The molecule has 0 aromatic heterocycles. The number of hydrogen-bond donors (Lipinski definition) is 2. The van der Waals surface area contributed by atoms with Crippen molar-refractivity contribution in [2.75, 3.05) is 0 Å². The first kappa shape index (κ1) is 18.9. The second kappa shape index (κ2) is 7.83. The van der Waals surface area contributed by atoms with Crippen molar-refractivity contribution in [2.45, 2.75) is 20.5 Å². The van der Waals surface area contributed by atoms with E-state index in [9.17, 15) is 0 Å². The Labute approximate surface area is 122 Å². The molecule has 2 nitrogen and oxygen atoms in total. The Balaban J connectivity index is 0. The van der Waals surface area contributed by atoms with Crippen molar-refractivity contribution in [2.24, 2.45) is 11.5 Å². The third-order valence-corrected chi connectivity index (χ3v) is 3.72. The number of hydrogen-bond acceptors (Lipinski definition) is 2. The lowest BCUT2D eigenvalue weighted by molar-refractivity contribution is 1.04. The van der Waals surface area contributed by atoms with Gasteiger partial charge in [0.15, 0.2) is 0 Å². The molecular weight excluding hydrogens is 313 g/mol. The number of rotatable bonds is 2. The highest BCUT2D eigenvalue weighted by Gasteiger charge is 2.17. The Morgan fingerprint density at radius 2 is 0.875 bits per heavy atom. The fraction of sp³-hybridized carbons (Fsp3) is 0.333. The fourth-order valence-electron chi connectivity index (χ4n) is 1.08. The molecule has 1 rings (SSSR count). The van der Waals surface area contributed by atoms with Crippen LogP contribution in [0.5, 0.6) is 0 Å². The van der Waals surface area contributed by atoms with Crippen LogP contribution in [0.25, 0.3) is 0 Å². The smallest absolute Gasteiger partial charge is 0.0656 e. The van der Waals surface area contributed by atoms with Crippen molar-refractivity contribution >= 4 is 58.8 Å². The molecule has 4 N–H and O–H groups in total. The van der Waals surface area contributed by atoms with Crippen LogP contribution in [0.4, 0.5) is 0 Å². The molecule has 0 fully saturated rings. The number of benzene rings is 1. The summed E-state index contributed by atoms with van der Waals surface area (Å²) in [6.07, 6.45) is 0. The van der Waals surface area contributed by atoms with Crippen molar-refractivity contribution in [1.82, 2.24) is 0 Å². The van der Waals surface area contributed by atoms with E-state index < -0.39 is 0 Å². The van der Waals surface area contributed by atoms with E-state index in [1.165, 1.54) is 0 Å². The molecule has 0 atom stereocenters. The van der Waals surface area contributed by atoms with E-state index in [4.69, 9.17) is 57.9 Å². The van der Waals surface area contributed by atoms with E-state index in [0.717, 1.165) is 0 Å². The van der Waals surface area contributed by atoms with Crippen molar-refractivity contribution in [1.29, 1.82) is 0 Å². The molecule has 0 saturated carbocycles. The lowest BCUT2D eigenvalue weighted by Gasteiger charge is -2.13. The summed E-state index contributed by atoms with van der Waals surface area (Å²) in [6.45, 7) is 0.365. The van der Waals surface area contributed by atoms with Crippen molar-refractivity contribution < 1.29 is 0 Å². The molecule has 0 radical (unpaired) electrons. The molecule has 0 bridgehead atoms. The molecule has 0 unspecified atom stereocenters. The summed E-state index contributed by atoms with van der Waals surface area (Å²) in [5, 5.41) is 1.29. The minimum Gasteiger partial charge on any atom is -0.326 e. The molecule has 1 aromatic carbocycles. The lowest BCUT2D eigenvalue weighted by atomic mass is 10.1. The highest BCUT2D eigenvalue weighted by atomic mass is 35.5. The van der Waals surface area contributed by atoms with Gasteiger partial charge in [-0.05, 0) is 0 Å². The lowest BCUT2D eigenvalue weighted by Crippen LogP contribution is -2.04. The molecule has 0 heterocycles. The summed E-state index contributed by atoms with van der Waals surface area (Å²) in [6, 6.07) is 0. The molecule has 1 aromatic rings. The number of nitrogens with two attached hydrogens (primary N) is 2. The first-order valence-electron chi connectivity index (χ1n) is 3.78. The maximum absolute atomic E-state index is 5.94. The van der Waals surface area contributed by atoms with Crippen LogP contribution in [-0.4, -0.2) is 0 Å². The zero-order valence-corrected chi connectivity index (χ0v) is 11.3. The molecule has 16 heavy (non-hydrogen) atoms. The van der Waals surface area contributed by atoms with E-state index >= 15 is 0 Å². The Morgan fingerprint density at radius 1 is 0.688 bits per heavy atom. The van der Waals surface area contributed by atoms with Gasteiger partial charge in [0.25, 0.3) is 0 Å². The van der Waals surface area contributed by atoms with Gasteiger partial charge in [-0.3, -0.25) is 0 Å². The predicted molar refractivity (Wildman–Crippen MR) is 76.2 cm³/mol. The van der Waals surface area contributed by atoms with Gasteiger partial charge in [-0.25, -0.2) is 0 Å². The van der Waals surface area contributed by atoms with Gasteiger partial charge in [-0.1, -0.05) is 53.8 Å². The molecule has 0 aliphatic heterocycles. The highest BCUT2D eigenvalue weighted by Crippen LogP contribution is 2.40. The SMILES string of the molecule is C.Cl.NCc1c(Cl)c(Cl)c(CN)c(Cl)c1Cl. The van der Waals surface area contributed by atoms with Crippen LogP contribution < -0.4 is 11.5 Å². The summed E-state index contributed by atoms with van der Waals surface area (Å²) in [5.74, 6) is 0. The number of halogens is 5. The van der Waals surface area contributed by atoms with Crippen LogP contribution >= 0.6 is 58.8 Å². The summed E-state index contributed by atoms with van der Waals surface area (Å²) in [4.78, 5) is 0. The van der Waals surface area contributed by atoms with Crippen LogP contribution in [0.1, 0.15) is 18.6 Å². The van der Waals surface area contributed by atoms with Crippen LogP contribution in [0.15, 0.2) is 0 Å². The molecule has 0 saturated heterocycles. The minimum absolute atomic E-state index is 0. The quantitative estimate of drug-likeness (QED) is 0.797. The molecule has 0 aliphatic rings. The average molecular weight is 326 g/mol. The Hall–Kier alpha value is 0.590. The maximum Gasteiger partial charge on any atom is 0.0656 e. The largest absolute Gasteiger partial charge is 0.326 e. The van der Waals surface area contributed by atoms with Gasteiger partial charge in [0.2, 0.25) is 0 Å². The highest BCUT2D eigenvalue weighted by molar-refractivity contribution is 6.48. The second-order valence-corrected chi connectivity index (χ2v) is 4.13. The van der Waals surface area contributed by atoms with E-state index in [1.807, 2.05) is 0 Å². The van der Waals surface area contributed by atoms with Gasteiger partial charge >= 0.3 is 0 Å². The Bertz CT molecular complexity index is 303. The normalized spacial score (nSPS) is 9.38. The molecule has 94 valence electrons. The van der Waals surface area contributed by atoms with Crippen molar-refractivity contribution in [3.63, 3.8) is 0 Å². The van der Waals surface area contributed by atoms with Crippen LogP contribution in [0, 0.1) is 0 Å². The van der Waals surface area contributed by atoms with Crippen LogP contribution in [0.3, 0.4) is 0 Å². The maximum atomic E-state index is 5.94. The second-order valence-electron chi connectivity index (χ2n) is 2.62. The monoisotopic (exact) mass is 324 g/mol. The summed E-state index contributed by atoms with van der Waals surface area (Å²) >= 11 is 23.8. The summed E-state index contributed by atoms with van der Waals surface area (Å²) < 4.78 is 0. The topological polar surface area (TPSA) is 52.0 Å². The standard InChI is InChI=1S/C8H8Cl4N2.CH4.ClH/c9-5-3(1-13)6(10)8(12)4(2-14)7(5)11;;/h1-2,13-14H2;1H4;1H. The van der Waals surface area contributed by atoms with E-state index in [2.05, 4.69) is 0 Å². The fourth-order valence-corrected chi connectivity index (χ4v) is 2.32. The molecular formula is C9H13Cl5N2. The van der Waals surface area contributed by atoms with Gasteiger partial charge < -0.3 is 11.5 Å². The summed E-state index contributed by atoms with van der Waals surface area (Å²) in [7, 11) is 0. The zero-order chi connectivity index (χ0) is 10.9. The van der Waals surface area contributed by atoms with E-state index in [1.54, 1.807) is 0 Å². The Kier molecular flexibility index (Phi) is 9.27. The molecule has 0 spiro atoms. The molecule has 0 aliphatic carbocycles. The minimum atomic E-state index is 0. The first-order chi connectivity index (χ1) is 6.54. The summed E-state index contributed by atoms with van der Waals surface area (Å²) in [5.41, 5.74) is 12.0. The van der Waals surface area contributed by atoms with Gasteiger partial charge in [0.1, 0.15) is 0 Å². The van der Waals surface area contributed by atoms with Gasteiger partial charge in [-0.15, -0.1) is 12.4 Å². The molecule has 0 amide bonds. The van der Waals surface area contributed by atoms with Crippen molar-refractivity contribution in [3.8, 4) is 0 Å². The van der Waals surface area contributed by atoms with Gasteiger partial charge in [-0.2, -0.15) is 0 Å². The zero-order valence-electron chi connectivity index (χ0n) is 7.49. The average Bonchev–Trinajstić information content (AvgIpc) is 2.17. The third-order valence-electron chi connectivity index (χ3n) is 1.85. The Morgan fingerprint density at radius 3 is 1.00 bits per heavy atom. The van der Waals surface area contributed by atoms with E-state index in [0.29, 0.717) is 31.2 Å². The predicted octanol–water partition coefficient (Wildman–Crippen LogP) is 4.28. The van der Waals surface area contributed by atoms with Gasteiger partial charge in [0, 0.05) is 24.2 Å². The third kappa shape index (κ3) is 3.30. The molecule has 7 heteroatoms. The van der Waals surface area contributed by atoms with Gasteiger partial charge in [0.05, 0.1) is 20.1 Å². The van der Waals surface area contributed by atoms with E-state index in [-0.39, 0.29) is 32.9 Å².